The fraction of sp³-hybridized carbons (Fsp3) is 0.667. The Morgan fingerprint density at radius 1 is 1.17 bits per heavy atom. The molecule has 2 rings (SSSR count). The maximum atomic E-state index is 12.8. The summed E-state index contributed by atoms with van der Waals surface area (Å²) in [6.45, 7) is 15.9. The van der Waals surface area contributed by atoms with Crippen LogP contribution in [0.3, 0.4) is 0 Å². The van der Waals surface area contributed by atoms with Gasteiger partial charge in [-0.2, -0.15) is 0 Å². The molecule has 1 saturated carbocycles. The zero-order valence-electron chi connectivity index (χ0n) is 16.5. The molecular formula is C21H34O2Si. The zero-order chi connectivity index (χ0) is 18.2. The van der Waals surface area contributed by atoms with Crippen LogP contribution in [0.5, 0.6) is 0 Å². The fourth-order valence-corrected chi connectivity index (χ4v) is 4.54. The molecular weight excluding hydrogens is 312 g/mol. The van der Waals surface area contributed by atoms with Crippen LogP contribution in [0, 0.1) is 11.3 Å². The van der Waals surface area contributed by atoms with Crippen molar-refractivity contribution >= 4 is 14.1 Å². The van der Waals surface area contributed by atoms with E-state index in [-0.39, 0.29) is 22.5 Å². The molecule has 0 bridgehead atoms. The molecule has 0 aromatic heterocycles. The molecule has 1 aliphatic rings. The van der Waals surface area contributed by atoms with Crippen molar-refractivity contribution in [1.82, 2.24) is 0 Å². The summed E-state index contributed by atoms with van der Waals surface area (Å²) in [5, 5.41) is 0.132. The maximum Gasteiger partial charge on any atom is 0.192 e. The molecule has 0 heterocycles. The van der Waals surface area contributed by atoms with Gasteiger partial charge in [0.05, 0.1) is 6.10 Å². The third-order valence-electron chi connectivity index (χ3n) is 5.96. The molecule has 1 fully saturated rings. The lowest BCUT2D eigenvalue weighted by atomic mass is 9.69. The standard InChI is InChI=1S/C21H34O2Si/c1-20(2,3)24(6,7)23-19(16-11-9-8-10-12-16)17-15-21(4,5)14-13-18(17)22/h8-12,17,19H,13-15H2,1-7H3. The average molecular weight is 347 g/mol. The lowest BCUT2D eigenvalue weighted by Crippen LogP contribution is -2.45. The second kappa shape index (κ2) is 6.76. The van der Waals surface area contributed by atoms with Crippen molar-refractivity contribution in [2.75, 3.05) is 0 Å². The van der Waals surface area contributed by atoms with Gasteiger partial charge in [0, 0.05) is 12.3 Å². The fourth-order valence-electron chi connectivity index (χ4n) is 3.25. The van der Waals surface area contributed by atoms with E-state index in [1.807, 2.05) is 6.07 Å². The minimum absolute atomic E-state index is 0.0229. The minimum atomic E-state index is -1.96. The molecule has 1 aromatic carbocycles. The highest BCUT2D eigenvalue weighted by atomic mass is 28.4. The van der Waals surface area contributed by atoms with E-state index in [4.69, 9.17) is 4.43 Å². The van der Waals surface area contributed by atoms with E-state index in [1.165, 1.54) is 0 Å². The van der Waals surface area contributed by atoms with Gasteiger partial charge in [0.25, 0.3) is 0 Å². The van der Waals surface area contributed by atoms with E-state index >= 15 is 0 Å². The van der Waals surface area contributed by atoms with E-state index in [2.05, 4.69) is 72.0 Å². The smallest absolute Gasteiger partial charge is 0.192 e. The average Bonchev–Trinajstić information content (AvgIpc) is 2.47. The Kier molecular flexibility index (Phi) is 5.46. The Hall–Kier alpha value is -0.933. The third-order valence-corrected chi connectivity index (χ3v) is 10.4. The van der Waals surface area contributed by atoms with Crippen LogP contribution in [0.1, 0.15) is 65.5 Å². The number of rotatable bonds is 4. The van der Waals surface area contributed by atoms with Crippen LogP contribution in [-0.4, -0.2) is 14.1 Å². The number of Topliss-reactive ketones (excluding diaryl/α,β-unsaturated/α-hetero) is 1. The van der Waals surface area contributed by atoms with Crippen LogP contribution in [0.15, 0.2) is 30.3 Å². The molecule has 1 aliphatic carbocycles. The quantitative estimate of drug-likeness (QED) is 0.612. The van der Waals surface area contributed by atoms with Gasteiger partial charge in [-0.05, 0) is 42.0 Å². The topological polar surface area (TPSA) is 26.3 Å². The predicted octanol–water partition coefficient (Wildman–Crippen LogP) is 6.14. The molecule has 0 saturated heterocycles. The molecule has 1 aromatic rings. The van der Waals surface area contributed by atoms with Crippen molar-refractivity contribution in [3.8, 4) is 0 Å². The Bertz CT molecular complexity index is 569. The SMILES string of the molecule is CC1(C)CCC(=O)C(C(O[Si](C)(C)C(C)(C)C)c2ccccc2)C1. The van der Waals surface area contributed by atoms with Crippen LogP contribution in [0.4, 0.5) is 0 Å². The minimum Gasteiger partial charge on any atom is -0.409 e. The van der Waals surface area contributed by atoms with Gasteiger partial charge in [0.1, 0.15) is 5.78 Å². The molecule has 24 heavy (non-hydrogen) atoms. The Balaban J connectivity index is 2.39. The summed E-state index contributed by atoms with van der Waals surface area (Å²) in [5.74, 6) is 0.354. The maximum absolute atomic E-state index is 12.8. The lowest BCUT2D eigenvalue weighted by Gasteiger charge is -2.44. The van der Waals surface area contributed by atoms with Crippen molar-refractivity contribution in [2.45, 2.75) is 78.1 Å². The number of carbonyl (C=O) groups excluding carboxylic acids is 1. The van der Waals surface area contributed by atoms with E-state index in [0.717, 1.165) is 18.4 Å². The first-order valence-electron chi connectivity index (χ1n) is 9.18. The van der Waals surface area contributed by atoms with Crippen molar-refractivity contribution in [3.63, 3.8) is 0 Å². The van der Waals surface area contributed by atoms with Crippen molar-refractivity contribution in [1.29, 1.82) is 0 Å². The predicted molar refractivity (Wildman–Crippen MR) is 104 cm³/mol. The van der Waals surface area contributed by atoms with E-state index in [0.29, 0.717) is 12.2 Å². The molecule has 0 radical (unpaired) electrons. The summed E-state index contributed by atoms with van der Waals surface area (Å²) in [6.07, 6.45) is 2.48. The Morgan fingerprint density at radius 3 is 2.29 bits per heavy atom. The zero-order valence-corrected chi connectivity index (χ0v) is 17.5. The summed E-state index contributed by atoms with van der Waals surface area (Å²) in [4.78, 5) is 12.8. The number of carbonyl (C=O) groups is 1. The van der Waals surface area contributed by atoms with Gasteiger partial charge in [0.15, 0.2) is 8.32 Å². The first kappa shape index (κ1) is 19.4. The number of benzene rings is 1. The van der Waals surface area contributed by atoms with E-state index in [9.17, 15) is 4.79 Å². The first-order valence-corrected chi connectivity index (χ1v) is 12.1. The largest absolute Gasteiger partial charge is 0.409 e. The van der Waals surface area contributed by atoms with Gasteiger partial charge < -0.3 is 4.43 Å². The van der Waals surface area contributed by atoms with Gasteiger partial charge in [-0.15, -0.1) is 0 Å². The molecule has 0 spiro atoms. The van der Waals surface area contributed by atoms with Crippen LogP contribution in [-0.2, 0) is 9.22 Å². The molecule has 134 valence electrons. The van der Waals surface area contributed by atoms with E-state index in [1.54, 1.807) is 0 Å². The molecule has 2 unspecified atom stereocenters. The van der Waals surface area contributed by atoms with Crippen molar-refractivity contribution in [3.05, 3.63) is 35.9 Å². The highest BCUT2D eigenvalue weighted by Gasteiger charge is 2.45. The van der Waals surface area contributed by atoms with Crippen LogP contribution in [0.25, 0.3) is 0 Å². The second-order valence-corrected chi connectivity index (χ2v) is 14.4. The summed E-state index contributed by atoms with van der Waals surface area (Å²) in [5.41, 5.74) is 1.36. The van der Waals surface area contributed by atoms with Gasteiger partial charge in [-0.25, -0.2) is 0 Å². The van der Waals surface area contributed by atoms with Gasteiger partial charge in [0.2, 0.25) is 0 Å². The summed E-state index contributed by atoms with van der Waals surface area (Å²) in [7, 11) is -1.96. The van der Waals surface area contributed by atoms with Crippen LogP contribution < -0.4 is 0 Å². The normalized spacial score (nSPS) is 23.1. The van der Waals surface area contributed by atoms with Crippen molar-refractivity contribution in [2.24, 2.45) is 11.3 Å². The molecule has 0 amide bonds. The molecule has 3 heteroatoms. The van der Waals surface area contributed by atoms with Gasteiger partial charge in [-0.1, -0.05) is 65.0 Å². The third kappa shape index (κ3) is 4.37. The molecule has 2 atom stereocenters. The number of hydrogen-bond acceptors (Lipinski definition) is 2. The van der Waals surface area contributed by atoms with Gasteiger partial charge >= 0.3 is 0 Å². The number of hydrogen-bond donors (Lipinski definition) is 0. The summed E-state index contributed by atoms with van der Waals surface area (Å²) >= 11 is 0. The number of ketones is 1. The van der Waals surface area contributed by atoms with Gasteiger partial charge in [-0.3, -0.25) is 4.79 Å². The van der Waals surface area contributed by atoms with Crippen LogP contribution in [0.2, 0.25) is 18.1 Å². The highest BCUT2D eigenvalue weighted by molar-refractivity contribution is 6.74. The van der Waals surface area contributed by atoms with Crippen molar-refractivity contribution < 1.29 is 9.22 Å². The summed E-state index contributed by atoms with van der Waals surface area (Å²) in [6, 6.07) is 10.4. The van der Waals surface area contributed by atoms with Crippen LogP contribution >= 0.6 is 0 Å². The Labute approximate surface area is 149 Å². The summed E-state index contributed by atoms with van der Waals surface area (Å²) < 4.78 is 6.81. The molecule has 0 aliphatic heterocycles. The monoisotopic (exact) mass is 346 g/mol. The van der Waals surface area contributed by atoms with E-state index < -0.39 is 8.32 Å². The lowest BCUT2D eigenvalue weighted by molar-refractivity contribution is -0.131. The molecule has 2 nitrogen and oxygen atoms in total. The highest BCUT2D eigenvalue weighted by Crippen LogP contribution is 2.47. The first-order chi connectivity index (χ1) is 10.9. The molecule has 0 N–H and O–H groups in total. The second-order valence-electron chi connectivity index (χ2n) is 9.65. The Morgan fingerprint density at radius 2 is 1.75 bits per heavy atom.